The van der Waals surface area contributed by atoms with Crippen molar-refractivity contribution in [2.45, 2.75) is 19.4 Å². The largest absolute Gasteiger partial charge is 0.375 e. The standard InChI is InChI=1S/C7H14N2O3/c1-7(2,6(8)11)9-5(10)4-12-3/h4H2,1-3H3,(H2,8,11)(H,9,10). The van der Waals surface area contributed by atoms with Gasteiger partial charge in [0.1, 0.15) is 12.1 Å². The molecular weight excluding hydrogens is 160 g/mol. The molecule has 12 heavy (non-hydrogen) atoms. The van der Waals surface area contributed by atoms with Crippen molar-refractivity contribution in [1.29, 1.82) is 0 Å². The average Bonchev–Trinajstić information content (AvgIpc) is 1.85. The Kier molecular flexibility index (Phi) is 3.69. The van der Waals surface area contributed by atoms with Crippen molar-refractivity contribution in [3.05, 3.63) is 0 Å². The maximum absolute atomic E-state index is 10.9. The van der Waals surface area contributed by atoms with Crippen LogP contribution >= 0.6 is 0 Å². The van der Waals surface area contributed by atoms with Crippen molar-refractivity contribution < 1.29 is 14.3 Å². The van der Waals surface area contributed by atoms with Gasteiger partial charge < -0.3 is 15.8 Å². The number of nitrogens with two attached hydrogens (primary N) is 1. The summed E-state index contributed by atoms with van der Waals surface area (Å²) in [5, 5.41) is 2.42. The molecular formula is C7H14N2O3. The number of primary amides is 1. The zero-order chi connectivity index (χ0) is 9.78. The van der Waals surface area contributed by atoms with Gasteiger partial charge in [-0.05, 0) is 13.8 Å². The number of ether oxygens (including phenoxy) is 1. The minimum absolute atomic E-state index is 0.0727. The van der Waals surface area contributed by atoms with E-state index in [0.717, 1.165) is 0 Å². The lowest BCUT2D eigenvalue weighted by atomic mass is 10.1. The van der Waals surface area contributed by atoms with Crippen LogP contribution in [0.3, 0.4) is 0 Å². The van der Waals surface area contributed by atoms with Gasteiger partial charge in [0.15, 0.2) is 0 Å². The zero-order valence-electron chi connectivity index (χ0n) is 7.51. The first-order chi connectivity index (χ1) is 5.40. The number of amides is 2. The van der Waals surface area contributed by atoms with Crippen LogP contribution in [0, 0.1) is 0 Å². The van der Waals surface area contributed by atoms with Crippen LogP contribution in [0.2, 0.25) is 0 Å². The molecule has 0 saturated carbocycles. The van der Waals surface area contributed by atoms with Gasteiger partial charge in [0.05, 0.1) is 0 Å². The smallest absolute Gasteiger partial charge is 0.246 e. The second-order valence-corrected chi connectivity index (χ2v) is 2.97. The third-order valence-electron chi connectivity index (χ3n) is 1.34. The van der Waals surface area contributed by atoms with Crippen LogP contribution in [0.4, 0.5) is 0 Å². The molecule has 3 N–H and O–H groups in total. The first-order valence-electron chi connectivity index (χ1n) is 3.50. The summed E-state index contributed by atoms with van der Waals surface area (Å²) in [6.45, 7) is 2.99. The van der Waals surface area contributed by atoms with Crippen molar-refractivity contribution in [2.24, 2.45) is 5.73 Å². The van der Waals surface area contributed by atoms with Crippen LogP contribution in [-0.2, 0) is 14.3 Å². The predicted octanol–water partition coefficient (Wildman–Crippen LogP) is -0.987. The van der Waals surface area contributed by atoms with E-state index < -0.39 is 11.4 Å². The Bertz CT molecular complexity index is 189. The summed E-state index contributed by atoms with van der Waals surface area (Å²) < 4.78 is 4.57. The molecule has 0 aliphatic heterocycles. The molecule has 0 bridgehead atoms. The van der Waals surface area contributed by atoms with E-state index in [0.29, 0.717) is 0 Å². The van der Waals surface area contributed by atoms with Gasteiger partial charge >= 0.3 is 0 Å². The Labute approximate surface area is 71.3 Å². The molecule has 5 nitrogen and oxygen atoms in total. The summed E-state index contributed by atoms with van der Waals surface area (Å²) in [6, 6.07) is 0. The minimum atomic E-state index is -1.02. The molecule has 0 fully saturated rings. The lowest BCUT2D eigenvalue weighted by molar-refractivity contribution is -0.132. The van der Waals surface area contributed by atoms with E-state index in [1.807, 2.05) is 0 Å². The molecule has 0 unspecified atom stereocenters. The monoisotopic (exact) mass is 174 g/mol. The number of nitrogens with one attached hydrogen (secondary N) is 1. The van der Waals surface area contributed by atoms with Crippen molar-refractivity contribution in [3.8, 4) is 0 Å². The van der Waals surface area contributed by atoms with Gasteiger partial charge in [-0.1, -0.05) is 0 Å². The number of methoxy groups -OCH3 is 1. The molecule has 0 aromatic rings. The molecule has 0 radical (unpaired) electrons. The van der Waals surface area contributed by atoms with E-state index in [2.05, 4.69) is 10.1 Å². The van der Waals surface area contributed by atoms with Crippen molar-refractivity contribution >= 4 is 11.8 Å². The predicted molar refractivity (Wildman–Crippen MR) is 43.3 cm³/mol. The number of hydrogen-bond donors (Lipinski definition) is 2. The second-order valence-electron chi connectivity index (χ2n) is 2.97. The van der Waals surface area contributed by atoms with E-state index in [1.165, 1.54) is 21.0 Å². The van der Waals surface area contributed by atoms with Crippen molar-refractivity contribution in [3.63, 3.8) is 0 Å². The normalized spacial score (nSPS) is 10.9. The highest BCUT2D eigenvalue weighted by Gasteiger charge is 2.26. The van der Waals surface area contributed by atoms with Crippen LogP contribution in [0.15, 0.2) is 0 Å². The fraction of sp³-hybridized carbons (Fsp3) is 0.714. The maximum Gasteiger partial charge on any atom is 0.246 e. The lowest BCUT2D eigenvalue weighted by Gasteiger charge is -2.21. The molecule has 0 aromatic carbocycles. The van der Waals surface area contributed by atoms with Gasteiger partial charge in [-0.15, -0.1) is 0 Å². The van der Waals surface area contributed by atoms with Gasteiger partial charge in [0, 0.05) is 7.11 Å². The van der Waals surface area contributed by atoms with Crippen LogP contribution in [0.5, 0.6) is 0 Å². The van der Waals surface area contributed by atoms with Gasteiger partial charge in [0.25, 0.3) is 0 Å². The summed E-state index contributed by atoms with van der Waals surface area (Å²) in [5.41, 5.74) is 4.00. The van der Waals surface area contributed by atoms with Crippen molar-refractivity contribution in [2.75, 3.05) is 13.7 Å². The molecule has 70 valence electrons. The second kappa shape index (κ2) is 4.06. The first kappa shape index (κ1) is 10.9. The Hall–Kier alpha value is -1.10. The summed E-state index contributed by atoms with van der Waals surface area (Å²) in [4.78, 5) is 21.6. The van der Waals surface area contributed by atoms with E-state index in [4.69, 9.17) is 5.73 Å². The lowest BCUT2D eigenvalue weighted by Crippen LogP contribution is -2.53. The van der Waals surface area contributed by atoms with Gasteiger partial charge in [-0.25, -0.2) is 0 Å². The third kappa shape index (κ3) is 3.34. The highest BCUT2D eigenvalue weighted by molar-refractivity contribution is 5.89. The van der Waals surface area contributed by atoms with Crippen LogP contribution in [-0.4, -0.2) is 31.1 Å². The number of carbonyl (C=O) groups excluding carboxylic acids is 2. The fourth-order valence-electron chi connectivity index (χ4n) is 0.577. The van der Waals surface area contributed by atoms with E-state index in [9.17, 15) is 9.59 Å². The molecule has 0 aliphatic carbocycles. The zero-order valence-corrected chi connectivity index (χ0v) is 7.51. The number of rotatable bonds is 4. The van der Waals surface area contributed by atoms with Gasteiger partial charge in [-0.2, -0.15) is 0 Å². The molecule has 2 amide bonds. The summed E-state index contributed by atoms with van der Waals surface area (Å²) >= 11 is 0. The average molecular weight is 174 g/mol. The Morgan fingerprint density at radius 3 is 2.33 bits per heavy atom. The number of hydrogen-bond acceptors (Lipinski definition) is 3. The molecule has 0 heterocycles. The molecule has 0 saturated heterocycles. The van der Waals surface area contributed by atoms with E-state index in [-0.39, 0.29) is 12.5 Å². The highest BCUT2D eigenvalue weighted by atomic mass is 16.5. The van der Waals surface area contributed by atoms with Crippen molar-refractivity contribution in [1.82, 2.24) is 5.32 Å². The molecule has 0 rings (SSSR count). The quantitative estimate of drug-likeness (QED) is 0.574. The molecule has 0 aromatic heterocycles. The van der Waals surface area contributed by atoms with Gasteiger partial charge in [0.2, 0.25) is 11.8 Å². The SMILES string of the molecule is COCC(=O)NC(C)(C)C(N)=O. The van der Waals surface area contributed by atoms with Crippen LogP contribution in [0.1, 0.15) is 13.8 Å². The minimum Gasteiger partial charge on any atom is -0.375 e. The third-order valence-corrected chi connectivity index (χ3v) is 1.34. The van der Waals surface area contributed by atoms with E-state index >= 15 is 0 Å². The highest BCUT2D eigenvalue weighted by Crippen LogP contribution is 1.99. The number of carbonyl (C=O) groups is 2. The Morgan fingerprint density at radius 2 is 2.00 bits per heavy atom. The van der Waals surface area contributed by atoms with Gasteiger partial charge in [-0.3, -0.25) is 9.59 Å². The summed E-state index contributed by atoms with van der Waals surface area (Å²) in [6.07, 6.45) is 0. The topological polar surface area (TPSA) is 81.4 Å². The fourth-order valence-corrected chi connectivity index (χ4v) is 0.577. The van der Waals surface area contributed by atoms with Crippen LogP contribution in [0.25, 0.3) is 0 Å². The Morgan fingerprint density at radius 1 is 1.50 bits per heavy atom. The van der Waals surface area contributed by atoms with E-state index in [1.54, 1.807) is 0 Å². The maximum atomic E-state index is 10.9. The first-order valence-corrected chi connectivity index (χ1v) is 3.50. The molecule has 5 heteroatoms. The summed E-state index contributed by atoms with van der Waals surface area (Å²) in [7, 11) is 1.40. The Balaban J connectivity index is 4.06. The van der Waals surface area contributed by atoms with Crippen LogP contribution < -0.4 is 11.1 Å². The molecule has 0 atom stereocenters. The molecule has 0 spiro atoms. The molecule has 0 aliphatic rings. The summed E-state index contributed by atoms with van der Waals surface area (Å²) in [5.74, 6) is -0.937.